The number of aryl methyl sites for hydroxylation is 1. The number of ether oxygens (including phenoxy) is 1. The third kappa shape index (κ3) is 6.12. The van der Waals surface area contributed by atoms with Crippen molar-refractivity contribution in [1.29, 1.82) is 0 Å². The number of halogens is 1. The largest absolute Gasteiger partial charge is 0.376 e. The Morgan fingerprint density at radius 3 is 2.48 bits per heavy atom. The van der Waals surface area contributed by atoms with E-state index in [0.29, 0.717) is 13.2 Å². The molecule has 0 aliphatic carbocycles. The number of carbonyl (C=O) groups is 1. The zero-order valence-corrected chi connectivity index (χ0v) is 18.7. The summed E-state index contributed by atoms with van der Waals surface area (Å²) in [7, 11) is -3.84. The van der Waals surface area contributed by atoms with Gasteiger partial charge in [-0.2, -0.15) is 4.31 Å². The van der Waals surface area contributed by atoms with Crippen LogP contribution < -0.4 is 5.32 Å². The number of nitrogens with zero attached hydrogens (tertiary/aromatic N) is 1. The summed E-state index contributed by atoms with van der Waals surface area (Å²) in [6.45, 7) is 2.94. The lowest BCUT2D eigenvalue weighted by molar-refractivity contribution is -0.121. The van der Waals surface area contributed by atoms with E-state index in [1.807, 2.05) is 31.2 Å². The fraction of sp³-hybridized carbons (Fsp3) is 0.381. The Kier molecular flexibility index (Phi) is 7.45. The maximum absolute atomic E-state index is 13.2. The van der Waals surface area contributed by atoms with Crippen LogP contribution in [0.15, 0.2) is 57.9 Å². The highest BCUT2D eigenvalue weighted by Crippen LogP contribution is 2.21. The molecule has 29 heavy (non-hydrogen) atoms. The SMILES string of the molecule is Cc1ccc(CN(CC(=O)NC[C@H]2CCCO2)S(=O)(=O)c2ccc(Br)cc2)cc1. The predicted molar refractivity (Wildman–Crippen MR) is 115 cm³/mol. The zero-order chi connectivity index (χ0) is 20.9. The molecule has 1 aliphatic rings. The summed E-state index contributed by atoms with van der Waals surface area (Å²) >= 11 is 3.32. The first kappa shape index (κ1) is 22.0. The van der Waals surface area contributed by atoms with Crippen molar-refractivity contribution in [3.05, 3.63) is 64.1 Å². The third-order valence-electron chi connectivity index (χ3n) is 4.80. The average molecular weight is 481 g/mol. The highest BCUT2D eigenvalue weighted by atomic mass is 79.9. The van der Waals surface area contributed by atoms with Gasteiger partial charge in [-0.15, -0.1) is 0 Å². The Labute approximate surface area is 180 Å². The third-order valence-corrected chi connectivity index (χ3v) is 7.14. The summed E-state index contributed by atoms with van der Waals surface area (Å²) in [6.07, 6.45) is 1.90. The van der Waals surface area contributed by atoms with E-state index < -0.39 is 10.0 Å². The fourth-order valence-electron chi connectivity index (χ4n) is 3.13. The quantitative estimate of drug-likeness (QED) is 0.628. The number of benzene rings is 2. The van der Waals surface area contributed by atoms with Gasteiger partial charge in [0.25, 0.3) is 0 Å². The van der Waals surface area contributed by atoms with Crippen LogP contribution in [-0.4, -0.2) is 44.4 Å². The monoisotopic (exact) mass is 480 g/mol. The van der Waals surface area contributed by atoms with Crippen molar-refractivity contribution in [2.45, 2.75) is 37.3 Å². The number of rotatable bonds is 8. The minimum absolute atomic E-state index is 0.00702. The van der Waals surface area contributed by atoms with Gasteiger partial charge in [0.2, 0.25) is 15.9 Å². The Morgan fingerprint density at radius 1 is 1.17 bits per heavy atom. The predicted octanol–water partition coefficient (Wildman–Crippen LogP) is 3.24. The molecule has 8 heteroatoms. The Bertz CT molecular complexity index is 924. The molecule has 156 valence electrons. The van der Waals surface area contributed by atoms with Crippen molar-refractivity contribution in [2.24, 2.45) is 0 Å². The molecule has 1 N–H and O–H groups in total. The molecule has 0 saturated carbocycles. The summed E-state index contributed by atoms with van der Waals surface area (Å²) in [5.74, 6) is -0.340. The molecule has 2 aromatic carbocycles. The molecule has 0 bridgehead atoms. The number of sulfonamides is 1. The van der Waals surface area contributed by atoms with Crippen LogP contribution in [0.2, 0.25) is 0 Å². The van der Waals surface area contributed by atoms with E-state index in [9.17, 15) is 13.2 Å². The topological polar surface area (TPSA) is 75.7 Å². The highest BCUT2D eigenvalue weighted by molar-refractivity contribution is 9.10. The van der Waals surface area contributed by atoms with Crippen molar-refractivity contribution < 1.29 is 17.9 Å². The molecule has 1 aliphatic heterocycles. The average Bonchev–Trinajstić information content (AvgIpc) is 3.21. The maximum Gasteiger partial charge on any atom is 0.243 e. The second-order valence-corrected chi connectivity index (χ2v) is 10.0. The fourth-order valence-corrected chi connectivity index (χ4v) is 4.78. The van der Waals surface area contributed by atoms with Crippen molar-refractivity contribution in [3.8, 4) is 0 Å². The second-order valence-electron chi connectivity index (χ2n) is 7.15. The van der Waals surface area contributed by atoms with Crippen LogP contribution in [0.1, 0.15) is 24.0 Å². The van der Waals surface area contributed by atoms with E-state index in [1.165, 1.54) is 16.4 Å². The van der Waals surface area contributed by atoms with Crippen LogP contribution in [0.25, 0.3) is 0 Å². The summed E-state index contributed by atoms with van der Waals surface area (Å²) in [5, 5.41) is 2.81. The van der Waals surface area contributed by atoms with Gasteiger partial charge in [-0.25, -0.2) is 8.42 Å². The summed E-state index contributed by atoms with van der Waals surface area (Å²) in [5.41, 5.74) is 1.91. The molecule has 1 heterocycles. The molecule has 3 rings (SSSR count). The van der Waals surface area contributed by atoms with Crippen LogP contribution in [0.3, 0.4) is 0 Å². The molecule has 1 atom stereocenters. The maximum atomic E-state index is 13.2. The molecule has 0 unspecified atom stereocenters. The Balaban J connectivity index is 1.77. The van der Waals surface area contributed by atoms with Gasteiger partial charge < -0.3 is 10.1 Å². The lowest BCUT2D eigenvalue weighted by Crippen LogP contribution is -2.42. The molecule has 0 radical (unpaired) electrons. The molecule has 0 spiro atoms. The summed E-state index contributed by atoms with van der Waals surface area (Å²) in [6, 6.07) is 14.0. The highest BCUT2D eigenvalue weighted by Gasteiger charge is 2.27. The standard InChI is InChI=1S/C21H25BrN2O4S/c1-16-4-6-17(7-5-16)14-24(15-21(25)23-13-19-3-2-12-28-19)29(26,27)20-10-8-18(22)9-11-20/h4-11,19H,2-3,12-15H2,1H3,(H,23,25)/t19-/m1/s1. The van der Waals surface area contributed by atoms with Gasteiger partial charge in [0.05, 0.1) is 17.5 Å². The Morgan fingerprint density at radius 2 is 1.86 bits per heavy atom. The first-order valence-electron chi connectivity index (χ1n) is 9.54. The van der Waals surface area contributed by atoms with Crippen LogP contribution in [0.5, 0.6) is 0 Å². The first-order chi connectivity index (χ1) is 13.8. The first-order valence-corrected chi connectivity index (χ1v) is 11.8. The number of hydrogen-bond donors (Lipinski definition) is 1. The summed E-state index contributed by atoms with van der Waals surface area (Å²) < 4.78 is 33.9. The van der Waals surface area contributed by atoms with Crippen molar-refractivity contribution in [2.75, 3.05) is 19.7 Å². The van der Waals surface area contributed by atoms with Crippen molar-refractivity contribution in [1.82, 2.24) is 9.62 Å². The number of nitrogens with one attached hydrogen (secondary N) is 1. The van der Waals surface area contributed by atoms with E-state index in [4.69, 9.17) is 4.74 Å². The number of amides is 1. The molecule has 2 aromatic rings. The van der Waals surface area contributed by atoms with Crippen LogP contribution in [0, 0.1) is 6.92 Å². The normalized spacial score (nSPS) is 16.9. The van der Waals surface area contributed by atoms with Crippen LogP contribution in [-0.2, 0) is 26.1 Å². The van der Waals surface area contributed by atoms with Gasteiger partial charge in [-0.05, 0) is 49.6 Å². The smallest absolute Gasteiger partial charge is 0.243 e. The van der Waals surface area contributed by atoms with Crippen LogP contribution in [0.4, 0.5) is 0 Å². The van der Waals surface area contributed by atoms with Gasteiger partial charge in [-0.1, -0.05) is 45.8 Å². The van der Waals surface area contributed by atoms with Crippen molar-refractivity contribution in [3.63, 3.8) is 0 Å². The lowest BCUT2D eigenvalue weighted by atomic mass is 10.1. The van der Waals surface area contributed by atoms with Gasteiger partial charge >= 0.3 is 0 Å². The number of carbonyl (C=O) groups excluding carboxylic acids is 1. The number of hydrogen-bond acceptors (Lipinski definition) is 4. The molecule has 1 amide bonds. The molecule has 1 saturated heterocycles. The molecule has 1 fully saturated rings. The van der Waals surface area contributed by atoms with E-state index in [2.05, 4.69) is 21.2 Å². The van der Waals surface area contributed by atoms with E-state index in [1.54, 1.807) is 12.1 Å². The summed E-state index contributed by atoms with van der Waals surface area (Å²) in [4.78, 5) is 12.7. The molecule has 0 aromatic heterocycles. The van der Waals surface area contributed by atoms with Gasteiger partial charge in [-0.3, -0.25) is 4.79 Å². The second kappa shape index (κ2) is 9.84. The van der Waals surface area contributed by atoms with Crippen molar-refractivity contribution >= 4 is 31.9 Å². The van der Waals surface area contributed by atoms with Gasteiger partial charge in [0, 0.05) is 24.2 Å². The van der Waals surface area contributed by atoms with Gasteiger partial charge in [0.15, 0.2) is 0 Å². The minimum Gasteiger partial charge on any atom is -0.376 e. The molecular weight excluding hydrogens is 456 g/mol. The van der Waals surface area contributed by atoms with Crippen LogP contribution >= 0.6 is 15.9 Å². The minimum atomic E-state index is -3.84. The lowest BCUT2D eigenvalue weighted by Gasteiger charge is -2.22. The molecular formula is C21H25BrN2O4S. The Hall–Kier alpha value is -1.74. The van der Waals surface area contributed by atoms with E-state index in [0.717, 1.165) is 28.4 Å². The molecule has 6 nitrogen and oxygen atoms in total. The van der Waals surface area contributed by atoms with E-state index >= 15 is 0 Å². The zero-order valence-electron chi connectivity index (χ0n) is 16.3. The van der Waals surface area contributed by atoms with E-state index in [-0.39, 0.29) is 30.0 Å². The van der Waals surface area contributed by atoms with Gasteiger partial charge in [0.1, 0.15) is 0 Å².